The maximum absolute atomic E-state index is 12.0. The molecule has 5 heteroatoms. The number of thiol groups is 1. The number of rotatable bonds is 6. The van der Waals surface area contributed by atoms with Gasteiger partial charge in [0.2, 0.25) is 0 Å². The van der Waals surface area contributed by atoms with Crippen molar-refractivity contribution in [1.82, 2.24) is 10.3 Å². The van der Waals surface area contributed by atoms with Gasteiger partial charge in [0.15, 0.2) is 0 Å². The van der Waals surface area contributed by atoms with Gasteiger partial charge >= 0.3 is 0 Å². The Morgan fingerprint density at radius 2 is 2.10 bits per heavy atom. The van der Waals surface area contributed by atoms with Crippen LogP contribution in [-0.2, 0) is 6.42 Å². The van der Waals surface area contributed by atoms with E-state index in [-0.39, 0.29) is 11.9 Å². The molecule has 2 aromatic rings. The van der Waals surface area contributed by atoms with Crippen molar-refractivity contribution < 1.29 is 4.79 Å². The SMILES string of the molecule is CCCc1ccc(-c2nc(C(=O)NC(C)CS)cs2)cc1. The summed E-state index contributed by atoms with van der Waals surface area (Å²) in [5.74, 6) is 0.475. The van der Waals surface area contributed by atoms with Crippen molar-refractivity contribution in [2.45, 2.75) is 32.7 Å². The van der Waals surface area contributed by atoms with Gasteiger partial charge in [0.25, 0.3) is 5.91 Å². The predicted octanol–water partition coefficient (Wildman–Crippen LogP) is 3.81. The predicted molar refractivity (Wildman–Crippen MR) is 92.3 cm³/mol. The van der Waals surface area contributed by atoms with Gasteiger partial charge in [-0.05, 0) is 18.9 Å². The monoisotopic (exact) mass is 320 g/mol. The fraction of sp³-hybridized carbons (Fsp3) is 0.375. The molecule has 0 aliphatic rings. The van der Waals surface area contributed by atoms with Crippen LogP contribution in [0.25, 0.3) is 10.6 Å². The number of hydrogen-bond acceptors (Lipinski definition) is 4. The molecule has 1 atom stereocenters. The number of amides is 1. The summed E-state index contributed by atoms with van der Waals surface area (Å²) in [4.78, 5) is 16.4. The third-order valence-corrected chi connectivity index (χ3v) is 4.57. The summed E-state index contributed by atoms with van der Waals surface area (Å²) >= 11 is 5.65. The molecule has 112 valence electrons. The third kappa shape index (κ3) is 4.32. The van der Waals surface area contributed by atoms with Crippen molar-refractivity contribution in [3.8, 4) is 10.6 Å². The van der Waals surface area contributed by atoms with Gasteiger partial charge in [-0.25, -0.2) is 4.98 Å². The molecule has 0 bridgehead atoms. The zero-order valence-corrected chi connectivity index (χ0v) is 14.0. The Bertz CT molecular complexity index is 593. The molecule has 0 saturated heterocycles. The molecule has 1 heterocycles. The highest BCUT2D eigenvalue weighted by atomic mass is 32.1. The van der Waals surface area contributed by atoms with E-state index in [4.69, 9.17) is 0 Å². The van der Waals surface area contributed by atoms with E-state index in [0.717, 1.165) is 23.4 Å². The Kier molecular flexibility index (Phi) is 5.82. The van der Waals surface area contributed by atoms with Crippen LogP contribution >= 0.6 is 24.0 Å². The number of aryl methyl sites for hydroxylation is 1. The fourth-order valence-corrected chi connectivity index (χ4v) is 2.85. The molecule has 1 unspecified atom stereocenters. The molecule has 21 heavy (non-hydrogen) atoms. The average Bonchev–Trinajstić information content (AvgIpc) is 2.98. The van der Waals surface area contributed by atoms with E-state index in [2.05, 4.69) is 54.1 Å². The summed E-state index contributed by atoms with van der Waals surface area (Å²) in [5, 5.41) is 5.54. The highest BCUT2D eigenvalue weighted by molar-refractivity contribution is 7.80. The van der Waals surface area contributed by atoms with Crippen molar-refractivity contribution in [1.29, 1.82) is 0 Å². The second-order valence-corrected chi connectivity index (χ2v) is 6.27. The van der Waals surface area contributed by atoms with Crippen molar-refractivity contribution in [2.24, 2.45) is 0 Å². The number of benzene rings is 1. The lowest BCUT2D eigenvalue weighted by Crippen LogP contribution is -2.33. The quantitative estimate of drug-likeness (QED) is 0.795. The van der Waals surface area contributed by atoms with Gasteiger partial charge in [-0.2, -0.15) is 12.6 Å². The van der Waals surface area contributed by atoms with E-state index in [0.29, 0.717) is 11.4 Å². The molecule has 2 rings (SSSR count). The van der Waals surface area contributed by atoms with Gasteiger partial charge in [0.1, 0.15) is 10.7 Å². The van der Waals surface area contributed by atoms with Crippen LogP contribution < -0.4 is 5.32 Å². The Labute approximate surface area is 135 Å². The molecular weight excluding hydrogens is 300 g/mol. The standard InChI is InChI=1S/C16H20N2OS2/c1-3-4-12-5-7-13(8-6-12)16-18-14(10-21-16)15(19)17-11(2)9-20/h5-8,10-11,20H,3-4,9H2,1-2H3,(H,17,19). The minimum Gasteiger partial charge on any atom is -0.347 e. The largest absolute Gasteiger partial charge is 0.347 e. The Balaban J connectivity index is 2.10. The number of aromatic nitrogens is 1. The number of carbonyl (C=O) groups is 1. The van der Waals surface area contributed by atoms with Gasteiger partial charge in [-0.1, -0.05) is 37.6 Å². The average molecular weight is 320 g/mol. The minimum absolute atomic E-state index is 0.0410. The lowest BCUT2D eigenvalue weighted by Gasteiger charge is -2.08. The molecule has 0 spiro atoms. The lowest BCUT2D eigenvalue weighted by molar-refractivity contribution is 0.0939. The van der Waals surface area contributed by atoms with E-state index < -0.39 is 0 Å². The maximum Gasteiger partial charge on any atom is 0.271 e. The minimum atomic E-state index is -0.137. The van der Waals surface area contributed by atoms with Crippen LogP contribution in [0.1, 0.15) is 36.3 Å². The fourth-order valence-electron chi connectivity index (χ4n) is 1.96. The second-order valence-electron chi connectivity index (χ2n) is 5.04. The highest BCUT2D eigenvalue weighted by Gasteiger charge is 2.13. The van der Waals surface area contributed by atoms with Gasteiger partial charge < -0.3 is 5.32 Å². The normalized spacial score (nSPS) is 12.1. The van der Waals surface area contributed by atoms with Crippen molar-refractivity contribution in [3.63, 3.8) is 0 Å². The maximum atomic E-state index is 12.0. The topological polar surface area (TPSA) is 42.0 Å². The van der Waals surface area contributed by atoms with E-state index in [1.54, 1.807) is 5.38 Å². The number of thiazole rings is 1. The van der Waals surface area contributed by atoms with Crippen molar-refractivity contribution in [3.05, 3.63) is 40.9 Å². The van der Waals surface area contributed by atoms with Crippen LogP contribution in [0.3, 0.4) is 0 Å². The lowest BCUT2D eigenvalue weighted by atomic mass is 10.1. The van der Waals surface area contributed by atoms with Crippen LogP contribution in [0.4, 0.5) is 0 Å². The first-order valence-electron chi connectivity index (χ1n) is 7.10. The van der Waals surface area contributed by atoms with E-state index in [1.807, 2.05) is 6.92 Å². The molecule has 0 fully saturated rings. The summed E-state index contributed by atoms with van der Waals surface area (Å²) in [7, 11) is 0. The van der Waals surface area contributed by atoms with Crippen LogP contribution in [0.2, 0.25) is 0 Å². The second kappa shape index (κ2) is 7.61. The summed E-state index contributed by atoms with van der Waals surface area (Å²) in [5.41, 5.74) is 2.86. The molecule has 0 aliphatic carbocycles. The zero-order valence-electron chi connectivity index (χ0n) is 12.3. The molecule has 1 aromatic carbocycles. The van der Waals surface area contributed by atoms with Gasteiger partial charge in [0, 0.05) is 22.7 Å². The molecule has 0 saturated carbocycles. The Morgan fingerprint density at radius 3 is 2.71 bits per heavy atom. The Morgan fingerprint density at radius 1 is 1.38 bits per heavy atom. The molecule has 0 aliphatic heterocycles. The van der Waals surface area contributed by atoms with E-state index in [9.17, 15) is 4.79 Å². The third-order valence-electron chi connectivity index (χ3n) is 3.13. The Hall–Kier alpha value is -1.33. The first-order valence-corrected chi connectivity index (χ1v) is 8.61. The van der Waals surface area contributed by atoms with Crippen LogP contribution in [0, 0.1) is 0 Å². The summed E-state index contributed by atoms with van der Waals surface area (Å²) in [6.07, 6.45) is 2.23. The van der Waals surface area contributed by atoms with E-state index >= 15 is 0 Å². The van der Waals surface area contributed by atoms with Crippen molar-refractivity contribution in [2.75, 3.05) is 5.75 Å². The van der Waals surface area contributed by atoms with Gasteiger partial charge in [-0.3, -0.25) is 4.79 Å². The van der Waals surface area contributed by atoms with Crippen LogP contribution in [-0.4, -0.2) is 22.7 Å². The molecule has 1 N–H and O–H groups in total. The number of carbonyl (C=O) groups excluding carboxylic acids is 1. The first kappa shape index (κ1) is 16.0. The number of nitrogens with zero attached hydrogens (tertiary/aromatic N) is 1. The van der Waals surface area contributed by atoms with Crippen molar-refractivity contribution >= 4 is 29.9 Å². The van der Waals surface area contributed by atoms with E-state index in [1.165, 1.54) is 16.9 Å². The van der Waals surface area contributed by atoms with Gasteiger partial charge in [-0.15, -0.1) is 11.3 Å². The summed E-state index contributed by atoms with van der Waals surface area (Å²) < 4.78 is 0. The van der Waals surface area contributed by atoms with Crippen LogP contribution in [0.15, 0.2) is 29.6 Å². The summed E-state index contributed by atoms with van der Waals surface area (Å²) in [6, 6.07) is 8.44. The molecule has 1 aromatic heterocycles. The number of nitrogens with one attached hydrogen (secondary N) is 1. The zero-order chi connectivity index (χ0) is 15.2. The molecule has 1 amide bonds. The first-order chi connectivity index (χ1) is 10.1. The number of hydrogen-bond donors (Lipinski definition) is 2. The molecular formula is C16H20N2OS2. The molecule has 3 nitrogen and oxygen atoms in total. The molecule has 0 radical (unpaired) electrons. The smallest absolute Gasteiger partial charge is 0.271 e. The highest BCUT2D eigenvalue weighted by Crippen LogP contribution is 2.24. The van der Waals surface area contributed by atoms with Crippen LogP contribution in [0.5, 0.6) is 0 Å². The van der Waals surface area contributed by atoms with Gasteiger partial charge in [0.05, 0.1) is 0 Å². The summed E-state index contributed by atoms with van der Waals surface area (Å²) in [6.45, 7) is 4.09.